The van der Waals surface area contributed by atoms with Gasteiger partial charge in [0.1, 0.15) is 23.5 Å². The molecular weight excluding hydrogens is 473 g/mol. The Labute approximate surface area is 213 Å². The van der Waals surface area contributed by atoms with Gasteiger partial charge in [0.05, 0.1) is 18.7 Å². The van der Waals surface area contributed by atoms with Crippen LogP contribution in [0.15, 0.2) is 64.0 Å². The van der Waals surface area contributed by atoms with Crippen LogP contribution in [0.1, 0.15) is 49.4 Å². The molecule has 3 aliphatic heterocycles. The third kappa shape index (κ3) is 4.26. The third-order valence-electron chi connectivity index (χ3n) is 7.00. The zero-order chi connectivity index (χ0) is 25.5. The molecule has 1 aromatic heterocycles. The van der Waals surface area contributed by atoms with E-state index in [1.54, 1.807) is 34.2 Å². The molecule has 1 atom stereocenters. The lowest BCUT2D eigenvalue weighted by atomic mass is 10.0. The molecule has 0 spiro atoms. The number of amidine groups is 1. The van der Waals surface area contributed by atoms with Crippen molar-refractivity contribution in [1.82, 2.24) is 20.2 Å². The third-order valence-corrected chi connectivity index (χ3v) is 7.00. The van der Waals surface area contributed by atoms with Crippen LogP contribution in [0.5, 0.6) is 0 Å². The highest BCUT2D eigenvalue weighted by atomic mass is 19.1. The molecule has 37 heavy (non-hydrogen) atoms. The van der Waals surface area contributed by atoms with E-state index in [1.807, 2.05) is 24.3 Å². The van der Waals surface area contributed by atoms with Gasteiger partial charge in [-0.15, -0.1) is 6.42 Å². The van der Waals surface area contributed by atoms with Gasteiger partial charge in [0.15, 0.2) is 5.76 Å². The number of hydrazine groups is 1. The largest absolute Gasteiger partial charge is 0.450 e. The SMILES string of the molecule is C#Cc1ccc(C2CN=C3CN(C(=O)c4cc(CN5Cc6ccccc6C(=O)N5)ccc4F)CCN32)o1. The van der Waals surface area contributed by atoms with Crippen LogP contribution < -0.4 is 5.43 Å². The average Bonchev–Trinajstić information content (AvgIpc) is 3.56. The lowest BCUT2D eigenvalue weighted by Crippen LogP contribution is -2.51. The number of nitrogens with zero attached hydrogens (tertiary/aromatic N) is 4. The fraction of sp³-hybridized carbons (Fsp3) is 0.250. The summed E-state index contributed by atoms with van der Waals surface area (Å²) in [6.45, 7) is 2.65. The van der Waals surface area contributed by atoms with E-state index in [0.29, 0.717) is 50.6 Å². The molecule has 2 amide bonds. The molecule has 0 saturated carbocycles. The maximum absolute atomic E-state index is 14.8. The van der Waals surface area contributed by atoms with Gasteiger partial charge in [-0.1, -0.05) is 24.3 Å². The first-order chi connectivity index (χ1) is 18.0. The van der Waals surface area contributed by atoms with Crippen LogP contribution in [0, 0.1) is 18.2 Å². The fourth-order valence-corrected chi connectivity index (χ4v) is 5.14. The first-order valence-electron chi connectivity index (χ1n) is 12.1. The topological polar surface area (TPSA) is 81.4 Å². The Kier molecular flexibility index (Phi) is 5.74. The predicted molar refractivity (Wildman–Crippen MR) is 134 cm³/mol. The van der Waals surface area contributed by atoms with Crippen LogP contribution in [-0.2, 0) is 13.1 Å². The second-order valence-corrected chi connectivity index (χ2v) is 9.31. The molecule has 0 aliphatic carbocycles. The van der Waals surface area contributed by atoms with Crippen molar-refractivity contribution < 1.29 is 18.4 Å². The van der Waals surface area contributed by atoms with E-state index < -0.39 is 5.82 Å². The average molecular weight is 498 g/mol. The monoisotopic (exact) mass is 497 g/mol. The molecule has 2 aromatic carbocycles. The minimum atomic E-state index is -0.576. The number of halogens is 1. The summed E-state index contributed by atoms with van der Waals surface area (Å²) in [4.78, 5) is 34.1. The zero-order valence-corrected chi connectivity index (χ0v) is 20.0. The minimum Gasteiger partial charge on any atom is -0.450 e. The Hall–Kier alpha value is -4.42. The zero-order valence-electron chi connectivity index (χ0n) is 20.0. The van der Waals surface area contributed by atoms with Crippen LogP contribution >= 0.6 is 0 Å². The molecule has 186 valence electrons. The van der Waals surface area contributed by atoms with Crippen molar-refractivity contribution in [2.75, 3.05) is 26.2 Å². The molecule has 3 aliphatic rings. The Morgan fingerprint density at radius 2 is 2.03 bits per heavy atom. The molecule has 8 nitrogen and oxygen atoms in total. The summed E-state index contributed by atoms with van der Waals surface area (Å²) in [5.74, 6) is 3.34. The fourth-order valence-electron chi connectivity index (χ4n) is 5.14. The molecule has 1 unspecified atom stereocenters. The second-order valence-electron chi connectivity index (χ2n) is 9.31. The van der Waals surface area contributed by atoms with Crippen molar-refractivity contribution >= 4 is 17.6 Å². The van der Waals surface area contributed by atoms with Gasteiger partial charge in [0.2, 0.25) is 0 Å². The standard InChI is InChI=1S/C28H24FN5O3/c1-2-20-8-10-25(37-20)24-14-30-26-17-32(11-12-34(24)26)28(36)22-13-18(7-9-23(22)29)15-33-16-19-5-3-4-6-21(19)27(35)31-33/h1,3-10,13,24H,11-12,14-17H2,(H,31,35). The van der Waals surface area contributed by atoms with Gasteiger partial charge in [-0.05, 0) is 47.4 Å². The van der Waals surface area contributed by atoms with E-state index in [-0.39, 0.29) is 23.4 Å². The van der Waals surface area contributed by atoms with Crippen molar-refractivity contribution in [3.63, 3.8) is 0 Å². The summed E-state index contributed by atoms with van der Waals surface area (Å²) in [6, 6.07) is 15.5. The number of hydrogen-bond donors (Lipinski definition) is 1. The van der Waals surface area contributed by atoms with Gasteiger partial charge >= 0.3 is 0 Å². The number of carbonyl (C=O) groups excluding carboxylic acids is 2. The maximum Gasteiger partial charge on any atom is 0.265 e. The second kappa shape index (κ2) is 9.22. The summed E-state index contributed by atoms with van der Waals surface area (Å²) in [5, 5.41) is 1.76. The van der Waals surface area contributed by atoms with E-state index in [0.717, 1.165) is 22.7 Å². The van der Waals surface area contributed by atoms with Gasteiger partial charge < -0.3 is 14.2 Å². The maximum atomic E-state index is 14.8. The van der Waals surface area contributed by atoms with Crippen molar-refractivity contribution in [3.05, 3.63) is 94.2 Å². The van der Waals surface area contributed by atoms with Gasteiger partial charge in [-0.25, -0.2) is 9.40 Å². The first-order valence-corrected chi connectivity index (χ1v) is 12.1. The van der Waals surface area contributed by atoms with Crippen LogP contribution in [0.3, 0.4) is 0 Å². The molecular formula is C28H24FN5O3. The number of benzene rings is 2. The number of amides is 2. The molecule has 1 saturated heterocycles. The van der Waals surface area contributed by atoms with Crippen LogP contribution in [0.4, 0.5) is 4.39 Å². The van der Waals surface area contributed by atoms with Crippen molar-refractivity contribution in [1.29, 1.82) is 0 Å². The van der Waals surface area contributed by atoms with E-state index in [2.05, 4.69) is 21.2 Å². The lowest BCUT2D eigenvalue weighted by molar-refractivity contribution is 0.0708. The lowest BCUT2D eigenvalue weighted by Gasteiger charge is -2.36. The van der Waals surface area contributed by atoms with Gasteiger partial charge in [-0.3, -0.25) is 20.0 Å². The molecule has 3 aromatic rings. The molecule has 0 bridgehead atoms. The van der Waals surface area contributed by atoms with Gasteiger partial charge in [-0.2, -0.15) is 0 Å². The number of terminal acetylenes is 1. The highest BCUT2D eigenvalue weighted by Crippen LogP contribution is 2.30. The molecule has 9 heteroatoms. The summed E-state index contributed by atoms with van der Waals surface area (Å²) < 4.78 is 20.5. The smallest absolute Gasteiger partial charge is 0.265 e. The molecule has 1 fully saturated rings. The number of nitrogens with one attached hydrogen (secondary N) is 1. The van der Waals surface area contributed by atoms with E-state index in [4.69, 9.17) is 10.8 Å². The summed E-state index contributed by atoms with van der Waals surface area (Å²) in [5.41, 5.74) is 5.16. The predicted octanol–water partition coefficient (Wildman–Crippen LogP) is 2.97. The van der Waals surface area contributed by atoms with Crippen molar-refractivity contribution in [2.24, 2.45) is 4.99 Å². The van der Waals surface area contributed by atoms with Crippen molar-refractivity contribution in [3.8, 4) is 12.3 Å². The van der Waals surface area contributed by atoms with Gasteiger partial charge in [0.25, 0.3) is 11.8 Å². The van der Waals surface area contributed by atoms with Gasteiger partial charge in [0, 0.05) is 31.7 Å². The van der Waals surface area contributed by atoms with E-state index in [1.165, 1.54) is 6.07 Å². The highest BCUT2D eigenvalue weighted by Gasteiger charge is 2.37. The number of fused-ring (bicyclic) bond motifs is 2. The van der Waals surface area contributed by atoms with E-state index >= 15 is 0 Å². The van der Waals surface area contributed by atoms with Crippen molar-refractivity contribution in [2.45, 2.75) is 19.1 Å². The normalized spacial score (nSPS) is 19.1. The van der Waals surface area contributed by atoms with Crippen LogP contribution in [-0.4, -0.2) is 58.6 Å². The van der Waals surface area contributed by atoms with Crippen LogP contribution in [0.2, 0.25) is 0 Å². The quantitative estimate of drug-likeness (QED) is 0.561. The Bertz CT molecular complexity index is 1470. The molecule has 1 N–H and O–H groups in total. The minimum absolute atomic E-state index is 0.00882. The molecule has 6 rings (SSSR count). The summed E-state index contributed by atoms with van der Waals surface area (Å²) >= 11 is 0. The Balaban J connectivity index is 1.14. The number of carbonyl (C=O) groups is 2. The first kappa shape index (κ1) is 23.0. The Morgan fingerprint density at radius 1 is 1.16 bits per heavy atom. The van der Waals surface area contributed by atoms with E-state index in [9.17, 15) is 14.0 Å². The highest BCUT2D eigenvalue weighted by molar-refractivity contribution is 5.99. The van der Waals surface area contributed by atoms with Crippen LogP contribution in [0.25, 0.3) is 0 Å². The number of rotatable bonds is 4. The summed E-state index contributed by atoms with van der Waals surface area (Å²) in [7, 11) is 0. The summed E-state index contributed by atoms with van der Waals surface area (Å²) in [6.07, 6.45) is 5.42. The Morgan fingerprint density at radius 3 is 2.86 bits per heavy atom. The molecule has 4 heterocycles. The number of hydrogen-bond acceptors (Lipinski definition) is 6. The number of piperazine rings is 1. The number of aliphatic imine (C=N–C) groups is 1. The molecule has 0 radical (unpaired) electrons. The number of furan rings is 1.